The third-order valence-corrected chi connectivity index (χ3v) is 5.79. The maximum absolute atomic E-state index is 13.3. The number of hydrogen-bond donors (Lipinski definition) is 3. The van der Waals surface area contributed by atoms with Crippen LogP contribution in [0.15, 0.2) is 30.3 Å². The average molecular weight is 533 g/mol. The second kappa shape index (κ2) is 13.1. The zero-order valence-electron chi connectivity index (χ0n) is 23.9. The van der Waals surface area contributed by atoms with Gasteiger partial charge in [0.25, 0.3) is 0 Å². The van der Waals surface area contributed by atoms with Crippen LogP contribution in [0.25, 0.3) is 0 Å². The van der Waals surface area contributed by atoms with Crippen molar-refractivity contribution in [3.8, 4) is 0 Å². The van der Waals surface area contributed by atoms with E-state index in [2.05, 4.69) is 16.0 Å². The molecule has 1 aliphatic heterocycles. The predicted molar refractivity (Wildman–Crippen MR) is 144 cm³/mol. The van der Waals surface area contributed by atoms with E-state index < -0.39 is 41.5 Å². The number of nitrogens with one attached hydrogen (secondary N) is 3. The van der Waals surface area contributed by atoms with Crippen molar-refractivity contribution in [3.63, 3.8) is 0 Å². The third kappa shape index (κ3) is 9.96. The smallest absolute Gasteiger partial charge is 0.408 e. The first-order valence-electron chi connectivity index (χ1n) is 13.1. The van der Waals surface area contributed by atoms with Crippen molar-refractivity contribution in [1.82, 2.24) is 20.9 Å². The number of nitrogens with zero attached hydrogens (tertiary/aromatic N) is 1. The molecule has 3 atom stereocenters. The molecule has 1 fully saturated rings. The van der Waals surface area contributed by atoms with E-state index >= 15 is 0 Å². The number of hydrogen-bond acceptors (Lipinski definition) is 6. The Morgan fingerprint density at radius 2 is 1.66 bits per heavy atom. The first kappa shape index (κ1) is 31.1. The molecule has 1 heterocycles. The highest BCUT2D eigenvalue weighted by Crippen LogP contribution is 2.23. The first-order valence-corrected chi connectivity index (χ1v) is 13.1. The van der Waals surface area contributed by atoms with E-state index in [0.717, 1.165) is 10.5 Å². The van der Waals surface area contributed by atoms with Gasteiger partial charge in [0.2, 0.25) is 11.8 Å². The average Bonchev–Trinajstić information content (AvgIpc) is 2.76. The molecular formula is C28H44N4O6. The first-order chi connectivity index (χ1) is 17.6. The normalized spacial score (nSPS) is 17.3. The molecule has 2 rings (SSSR count). The van der Waals surface area contributed by atoms with Crippen LogP contribution >= 0.6 is 0 Å². The molecule has 38 heavy (non-hydrogen) atoms. The van der Waals surface area contributed by atoms with Gasteiger partial charge in [-0.3, -0.25) is 9.59 Å². The Morgan fingerprint density at radius 3 is 2.18 bits per heavy atom. The molecule has 0 spiro atoms. The molecule has 0 bridgehead atoms. The predicted octanol–water partition coefficient (Wildman–Crippen LogP) is 3.94. The van der Waals surface area contributed by atoms with Crippen LogP contribution in [-0.4, -0.2) is 59.4 Å². The van der Waals surface area contributed by atoms with Gasteiger partial charge in [-0.1, -0.05) is 65.0 Å². The number of β-lactam (4-membered cyclic amide) rings is 1. The number of carbonyl (C=O) groups excluding carboxylic acids is 4. The summed E-state index contributed by atoms with van der Waals surface area (Å²) in [5.41, 5.74) is -0.367. The number of amides is 5. The summed E-state index contributed by atoms with van der Waals surface area (Å²) in [5.74, 6) is -0.441. The number of urea groups is 1. The standard InChI is InChI=1S/C28H44N4O6/c1-18(2)14-20(30-24(34)23(27(3,4)5)31-26(36)38-28(6,7)8)17-37-22-15-21(33)32(22)25(35)29-16-19-12-10-9-11-13-19/h9-13,18,20,22-23H,14-17H2,1-8H3,(H,29,35)(H,30,34)(H,31,36)/t20-,22?,23+/m0/s1. The van der Waals surface area contributed by atoms with E-state index in [0.29, 0.717) is 13.0 Å². The molecule has 3 N–H and O–H groups in total. The van der Waals surface area contributed by atoms with Crippen LogP contribution in [0.5, 0.6) is 0 Å². The Bertz CT molecular complexity index is 968. The maximum atomic E-state index is 13.3. The van der Waals surface area contributed by atoms with Gasteiger partial charge in [0.05, 0.1) is 19.1 Å². The SMILES string of the molecule is CC(C)C[C@@H](COC1CC(=O)N1C(=O)NCc1ccccc1)NC(=O)[C@@H](NC(=O)OC(C)(C)C)C(C)(C)C. The molecule has 1 unspecified atom stereocenters. The minimum atomic E-state index is -0.849. The summed E-state index contributed by atoms with van der Waals surface area (Å²) in [4.78, 5) is 51.5. The lowest BCUT2D eigenvalue weighted by Crippen LogP contribution is -2.61. The number of rotatable bonds is 10. The summed E-state index contributed by atoms with van der Waals surface area (Å²) < 4.78 is 11.3. The van der Waals surface area contributed by atoms with Gasteiger partial charge in [0.1, 0.15) is 17.9 Å². The quantitative estimate of drug-likeness (QED) is 0.392. The fourth-order valence-corrected chi connectivity index (χ4v) is 3.97. The molecule has 0 aliphatic carbocycles. The van der Waals surface area contributed by atoms with E-state index in [1.165, 1.54) is 0 Å². The van der Waals surface area contributed by atoms with E-state index in [1.54, 1.807) is 20.8 Å². The lowest BCUT2D eigenvalue weighted by atomic mass is 9.86. The second-order valence-electron chi connectivity index (χ2n) is 12.2. The second-order valence-corrected chi connectivity index (χ2v) is 12.2. The van der Waals surface area contributed by atoms with Crippen LogP contribution in [-0.2, 0) is 25.6 Å². The Labute approximate surface area is 226 Å². The van der Waals surface area contributed by atoms with Crippen LogP contribution in [0.1, 0.15) is 73.8 Å². The minimum absolute atomic E-state index is 0.0892. The number of benzene rings is 1. The summed E-state index contributed by atoms with van der Waals surface area (Å²) in [7, 11) is 0. The zero-order chi connectivity index (χ0) is 28.7. The number of imide groups is 1. The zero-order valence-corrected chi connectivity index (χ0v) is 23.9. The summed E-state index contributed by atoms with van der Waals surface area (Å²) >= 11 is 0. The maximum Gasteiger partial charge on any atom is 0.408 e. The fraction of sp³-hybridized carbons (Fsp3) is 0.643. The monoisotopic (exact) mass is 532 g/mol. The molecule has 1 aromatic carbocycles. The minimum Gasteiger partial charge on any atom is -0.444 e. The highest BCUT2D eigenvalue weighted by atomic mass is 16.6. The van der Waals surface area contributed by atoms with Crippen LogP contribution < -0.4 is 16.0 Å². The Hall–Kier alpha value is -3.14. The van der Waals surface area contributed by atoms with Crippen molar-refractivity contribution in [2.24, 2.45) is 11.3 Å². The molecule has 5 amide bonds. The molecular weight excluding hydrogens is 488 g/mol. The van der Waals surface area contributed by atoms with Gasteiger partial charge in [0.15, 0.2) is 0 Å². The molecule has 0 radical (unpaired) electrons. The Morgan fingerprint density at radius 1 is 1.03 bits per heavy atom. The fourth-order valence-electron chi connectivity index (χ4n) is 3.97. The molecule has 10 nitrogen and oxygen atoms in total. The topological polar surface area (TPSA) is 126 Å². The molecule has 1 aliphatic rings. The van der Waals surface area contributed by atoms with Gasteiger partial charge in [0, 0.05) is 6.54 Å². The van der Waals surface area contributed by atoms with Crippen LogP contribution in [0.3, 0.4) is 0 Å². The van der Waals surface area contributed by atoms with Crippen molar-refractivity contribution >= 4 is 23.9 Å². The van der Waals surface area contributed by atoms with Gasteiger partial charge < -0.3 is 25.4 Å². The number of likely N-dealkylation sites (tertiary alicyclic amines) is 1. The third-order valence-electron chi connectivity index (χ3n) is 5.79. The molecule has 10 heteroatoms. The highest BCUT2D eigenvalue weighted by molar-refractivity contribution is 5.99. The lowest BCUT2D eigenvalue weighted by molar-refractivity contribution is -0.165. The van der Waals surface area contributed by atoms with Crippen LogP contribution in [0.2, 0.25) is 0 Å². The number of ether oxygens (including phenoxy) is 2. The molecule has 0 aromatic heterocycles. The summed E-state index contributed by atoms with van der Waals surface area (Å²) in [6.45, 7) is 15.3. The number of alkyl carbamates (subject to hydrolysis) is 1. The van der Waals surface area contributed by atoms with Crippen LogP contribution in [0.4, 0.5) is 9.59 Å². The van der Waals surface area contributed by atoms with Crippen molar-refractivity contribution in [3.05, 3.63) is 35.9 Å². The van der Waals surface area contributed by atoms with Gasteiger partial charge in [-0.15, -0.1) is 0 Å². The number of carbonyl (C=O) groups is 4. The molecule has 0 saturated carbocycles. The summed E-state index contributed by atoms with van der Waals surface area (Å²) in [6.07, 6.45) is -0.681. The largest absolute Gasteiger partial charge is 0.444 e. The van der Waals surface area contributed by atoms with Crippen molar-refractivity contribution < 1.29 is 28.7 Å². The lowest BCUT2D eigenvalue weighted by Gasteiger charge is -2.39. The highest BCUT2D eigenvalue weighted by Gasteiger charge is 2.42. The van der Waals surface area contributed by atoms with E-state index in [9.17, 15) is 19.2 Å². The van der Waals surface area contributed by atoms with Gasteiger partial charge in [-0.2, -0.15) is 0 Å². The van der Waals surface area contributed by atoms with E-state index in [1.807, 2.05) is 65.0 Å². The Kier molecular flexibility index (Phi) is 10.7. The van der Waals surface area contributed by atoms with Gasteiger partial charge >= 0.3 is 12.1 Å². The molecule has 1 saturated heterocycles. The van der Waals surface area contributed by atoms with Gasteiger partial charge in [-0.05, 0) is 44.1 Å². The summed E-state index contributed by atoms with van der Waals surface area (Å²) in [5, 5.41) is 8.43. The van der Waals surface area contributed by atoms with Crippen molar-refractivity contribution in [1.29, 1.82) is 0 Å². The summed E-state index contributed by atoms with van der Waals surface area (Å²) in [6, 6.07) is 7.64. The van der Waals surface area contributed by atoms with Crippen LogP contribution in [0, 0.1) is 11.3 Å². The molecule has 1 aromatic rings. The van der Waals surface area contributed by atoms with Gasteiger partial charge in [-0.25, -0.2) is 14.5 Å². The molecule has 212 valence electrons. The van der Waals surface area contributed by atoms with Crippen molar-refractivity contribution in [2.45, 2.75) is 98.7 Å². The van der Waals surface area contributed by atoms with E-state index in [4.69, 9.17) is 9.47 Å². The van der Waals surface area contributed by atoms with E-state index in [-0.39, 0.29) is 30.8 Å². The van der Waals surface area contributed by atoms with Crippen molar-refractivity contribution in [2.75, 3.05) is 6.61 Å². The Balaban J connectivity index is 1.99.